The Kier molecular flexibility index (Phi) is 4.33. The Morgan fingerprint density at radius 3 is 2.83 bits per heavy atom. The lowest BCUT2D eigenvalue weighted by Crippen LogP contribution is -2.29. The molecule has 0 saturated carbocycles. The Morgan fingerprint density at radius 2 is 2.12 bits per heavy atom. The minimum absolute atomic E-state index is 0.0818. The largest absolute Gasteiger partial charge is 0.478 e. The first-order valence-corrected chi connectivity index (χ1v) is 9.32. The molecule has 0 aliphatic carbocycles. The first kappa shape index (κ1) is 16.5. The van der Waals surface area contributed by atoms with Crippen molar-refractivity contribution in [1.29, 1.82) is 0 Å². The van der Waals surface area contributed by atoms with Crippen molar-refractivity contribution in [2.75, 3.05) is 12.8 Å². The molecule has 1 atom stereocenters. The van der Waals surface area contributed by atoms with E-state index in [1.807, 2.05) is 0 Å². The summed E-state index contributed by atoms with van der Waals surface area (Å²) in [5.74, 6) is -1.06. The molecule has 24 heavy (non-hydrogen) atoms. The molecule has 2 aromatic heterocycles. The zero-order chi connectivity index (χ0) is 17.3. The van der Waals surface area contributed by atoms with Crippen LogP contribution in [0.3, 0.4) is 0 Å². The molecule has 2 aromatic rings. The van der Waals surface area contributed by atoms with Gasteiger partial charge in [0.05, 0.1) is 17.5 Å². The monoisotopic (exact) mass is 347 g/mol. The van der Waals surface area contributed by atoms with Gasteiger partial charge in [-0.15, -0.1) is 0 Å². The fraction of sp³-hybridized carbons (Fsp3) is 0.312. The standard InChI is InChI=1S/C16H17N3O4S/c1-24(22,23)19-6-2-3-15(19)11-4-5-18-14(8-11)12-7-13(16(20)21)10-17-9-12/h4-5,7-10,15H,2-3,6H2,1H3,(H,20,21). The number of carbonyl (C=O) groups is 1. The van der Waals surface area contributed by atoms with Gasteiger partial charge in [-0.3, -0.25) is 9.97 Å². The average molecular weight is 347 g/mol. The zero-order valence-corrected chi connectivity index (χ0v) is 13.9. The lowest BCUT2D eigenvalue weighted by molar-refractivity contribution is 0.0696. The van der Waals surface area contributed by atoms with Crippen molar-refractivity contribution in [3.8, 4) is 11.3 Å². The zero-order valence-electron chi connectivity index (χ0n) is 13.1. The van der Waals surface area contributed by atoms with Crippen molar-refractivity contribution in [2.45, 2.75) is 18.9 Å². The summed E-state index contributed by atoms with van der Waals surface area (Å²) in [4.78, 5) is 19.3. The van der Waals surface area contributed by atoms with E-state index in [0.29, 0.717) is 17.8 Å². The van der Waals surface area contributed by atoms with Crippen LogP contribution in [0, 0.1) is 0 Å². The SMILES string of the molecule is CS(=O)(=O)N1CCCC1c1ccnc(-c2cncc(C(=O)O)c2)c1. The van der Waals surface area contributed by atoms with E-state index in [0.717, 1.165) is 18.4 Å². The lowest BCUT2D eigenvalue weighted by Gasteiger charge is -2.22. The number of pyridine rings is 2. The lowest BCUT2D eigenvalue weighted by atomic mass is 10.0. The van der Waals surface area contributed by atoms with Crippen LogP contribution in [-0.4, -0.2) is 46.6 Å². The minimum atomic E-state index is -3.27. The Bertz CT molecular complexity index is 882. The smallest absolute Gasteiger partial charge is 0.337 e. The van der Waals surface area contributed by atoms with Gasteiger partial charge in [-0.05, 0) is 36.6 Å². The molecule has 1 unspecified atom stereocenters. The van der Waals surface area contributed by atoms with Crippen molar-refractivity contribution in [3.05, 3.63) is 47.9 Å². The van der Waals surface area contributed by atoms with Crippen molar-refractivity contribution in [2.24, 2.45) is 0 Å². The third kappa shape index (κ3) is 3.29. The van der Waals surface area contributed by atoms with Gasteiger partial charge in [-0.1, -0.05) is 0 Å². The third-order valence-electron chi connectivity index (χ3n) is 4.08. The van der Waals surface area contributed by atoms with Gasteiger partial charge in [0.25, 0.3) is 0 Å². The van der Waals surface area contributed by atoms with E-state index < -0.39 is 16.0 Å². The summed E-state index contributed by atoms with van der Waals surface area (Å²) in [6.07, 6.45) is 7.21. The molecule has 1 saturated heterocycles. The van der Waals surface area contributed by atoms with Gasteiger partial charge in [-0.25, -0.2) is 13.2 Å². The van der Waals surface area contributed by atoms with Crippen LogP contribution >= 0.6 is 0 Å². The molecule has 3 heterocycles. The molecular weight excluding hydrogens is 330 g/mol. The second-order valence-electron chi connectivity index (χ2n) is 5.77. The van der Waals surface area contributed by atoms with Crippen LogP contribution in [0.15, 0.2) is 36.8 Å². The summed E-state index contributed by atoms with van der Waals surface area (Å²) < 4.78 is 25.4. The number of hydrogen-bond acceptors (Lipinski definition) is 5. The molecule has 1 aliphatic rings. The number of sulfonamides is 1. The van der Waals surface area contributed by atoms with Crippen molar-refractivity contribution in [1.82, 2.24) is 14.3 Å². The molecule has 3 rings (SSSR count). The topological polar surface area (TPSA) is 100 Å². The van der Waals surface area contributed by atoms with Crippen molar-refractivity contribution < 1.29 is 18.3 Å². The van der Waals surface area contributed by atoms with Gasteiger partial charge in [0, 0.05) is 36.7 Å². The Balaban J connectivity index is 1.98. The number of hydrogen-bond donors (Lipinski definition) is 1. The molecule has 0 bridgehead atoms. The Labute approximate surface area is 140 Å². The van der Waals surface area contributed by atoms with Crippen LogP contribution in [0.5, 0.6) is 0 Å². The van der Waals surface area contributed by atoms with Gasteiger partial charge in [-0.2, -0.15) is 4.31 Å². The summed E-state index contributed by atoms with van der Waals surface area (Å²) in [6, 6.07) is 4.89. The number of carboxylic acid groups (broad SMARTS) is 1. The molecule has 8 heteroatoms. The van der Waals surface area contributed by atoms with Gasteiger partial charge >= 0.3 is 5.97 Å². The first-order chi connectivity index (χ1) is 11.4. The van der Waals surface area contributed by atoms with Gasteiger partial charge in [0.1, 0.15) is 0 Å². The van der Waals surface area contributed by atoms with E-state index in [2.05, 4.69) is 9.97 Å². The van der Waals surface area contributed by atoms with Crippen LogP contribution < -0.4 is 0 Å². The van der Waals surface area contributed by atoms with Crippen molar-refractivity contribution in [3.63, 3.8) is 0 Å². The highest BCUT2D eigenvalue weighted by Gasteiger charge is 2.32. The number of aromatic carboxylic acids is 1. The number of nitrogens with zero attached hydrogens (tertiary/aromatic N) is 3. The molecule has 126 valence electrons. The number of aromatic nitrogens is 2. The maximum Gasteiger partial charge on any atom is 0.337 e. The second-order valence-corrected chi connectivity index (χ2v) is 7.71. The second kappa shape index (κ2) is 6.29. The predicted molar refractivity (Wildman–Crippen MR) is 88.0 cm³/mol. The molecule has 1 aliphatic heterocycles. The fourth-order valence-electron chi connectivity index (χ4n) is 2.98. The van der Waals surface area contributed by atoms with E-state index in [1.54, 1.807) is 24.5 Å². The van der Waals surface area contributed by atoms with Gasteiger partial charge < -0.3 is 5.11 Å². The maximum atomic E-state index is 11.9. The van der Waals surface area contributed by atoms with Crippen LogP contribution in [0.4, 0.5) is 0 Å². The average Bonchev–Trinajstić information content (AvgIpc) is 3.05. The predicted octanol–water partition coefficient (Wildman–Crippen LogP) is 1.94. The van der Waals surface area contributed by atoms with E-state index in [1.165, 1.54) is 22.8 Å². The number of carboxylic acids is 1. The highest BCUT2D eigenvalue weighted by molar-refractivity contribution is 7.88. The van der Waals surface area contributed by atoms with Crippen LogP contribution in [0.25, 0.3) is 11.3 Å². The molecule has 1 fully saturated rings. The van der Waals surface area contributed by atoms with E-state index in [-0.39, 0.29) is 11.6 Å². The molecule has 1 N–H and O–H groups in total. The van der Waals surface area contributed by atoms with E-state index >= 15 is 0 Å². The Morgan fingerprint density at radius 1 is 1.33 bits per heavy atom. The van der Waals surface area contributed by atoms with Gasteiger partial charge in [0.2, 0.25) is 10.0 Å². The van der Waals surface area contributed by atoms with E-state index in [4.69, 9.17) is 5.11 Å². The molecular formula is C16H17N3O4S. The summed E-state index contributed by atoms with van der Waals surface area (Å²) in [5.41, 5.74) is 2.09. The van der Waals surface area contributed by atoms with E-state index in [9.17, 15) is 13.2 Å². The third-order valence-corrected chi connectivity index (χ3v) is 5.37. The molecule has 7 nitrogen and oxygen atoms in total. The molecule has 0 spiro atoms. The maximum absolute atomic E-state index is 11.9. The summed E-state index contributed by atoms with van der Waals surface area (Å²) in [5, 5.41) is 9.07. The summed E-state index contributed by atoms with van der Waals surface area (Å²) in [7, 11) is -3.27. The van der Waals surface area contributed by atoms with Crippen LogP contribution in [-0.2, 0) is 10.0 Å². The molecule has 0 aromatic carbocycles. The Hall–Kier alpha value is -2.32. The fourth-order valence-corrected chi connectivity index (χ4v) is 4.13. The normalized spacial score (nSPS) is 18.6. The summed E-state index contributed by atoms with van der Waals surface area (Å²) >= 11 is 0. The van der Waals surface area contributed by atoms with Gasteiger partial charge in [0.15, 0.2) is 0 Å². The van der Waals surface area contributed by atoms with Crippen LogP contribution in [0.2, 0.25) is 0 Å². The quantitative estimate of drug-likeness (QED) is 0.907. The van der Waals surface area contributed by atoms with Crippen molar-refractivity contribution >= 4 is 16.0 Å². The highest BCUT2D eigenvalue weighted by atomic mass is 32.2. The highest BCUT2D eigenvalue weighted by Crippen LogP contribution is 2.34. The minimum Gasteiger partial charge on any atom is -0.478 e. The molecule has 0 amide bonds. The first-order valence-electron chi connectivity index (χ1n) is 7.48. The summed E-state index contributed by atoms with van der Waals surface area (Å²) in [6.45, 7) is 0.511. The molecule has 0 radical (unpaired) electrons. The van der Waals surface area contributed by atoms with Crippen LogP contribution in [0.1, 0.15) is 34.8 Å². The number of rotatable bonds is 4.